The zero-order valence-electron chi connectivity index (χ0n) is 16.2. The Bertz CT molecular complexity index is 1100. The Balaban J connectivity index is 1.68. The Morgan fingerprint density at radius 1 is 1.13 bits per heavy atom. The van der Waals surface area contributed by atoms with Gasteiger partial charge in [-0.1, -0.05) is 23.8 Å². The number of hydrogen-bond acceptors (Lipinski definition) is 4. The number of rotatable bonds is 5. The fourth-order valence-electron chi connectivity index (χ4n) is 3.56. The molecule has 2 heterocycles. The number of halogens is 1. The number of imide groups is 1. The van der Waals surface area contributed by atoms with Crippen LogP contribution in [0.5, 0.6) is 0 Å². The van der Waals surface area contributed by atoms with Crippen LogP contribution in [0, 0.1) is 12.7 Å². The van der Waals surface area contributed by atoms with Crippen LogP contribution in [0.25, 0.3) is 0 Å². The largest absolute Gasteiger partial charge is 0.321 e. The van der Waals surface area contributed by atoms with Crippen LogP contribution in [-0.4, -0.2) is 28.7 Å². The molecule has 5 nitrogen and oxygen atoms in total. The van der Waals surface area contributed by atoms with Crippen molar-refractivity contribution in [1.82, 2.24) is 4.90 Å². The van der Waals surface area contributed by atoms with Gasteiger partial charge in [-0.25, -0.2) is 9.29 Å². The van der Waals surface area contributed by atoms with Gasteiger partial charge in [0.15, 0.2) is 0 Å². The Morgan fingerprint density at radius 2 is 1.90 bits per heavy atom. The van der Waals surface area contributed by atoms with Gasteiger partial charge >= 0.3 is 0 Å². The topological polar surface area (TPSA) is 57.7 Å². The maximum atomic E-state index is 13.3. The molecule has 0 saturated carbocycles. The first-order valence-electron chi connectivity index (χ1n) is 9.46. The van der Waals surface area contributed by atoms with Crippen LogP contribution in [0.2, 0.25) is 0 Å². The van der Waals surface area contributed by atoms with Crippen molar-refractivity contribution in [3.63, 3.8) is 0 Å². The zero-order valence-corrected chi connectivity index (χ0v) is 17.1. The predicted octanol–water partition coefficient (Wildman–Crippen LogP) is 4.17. The molecule has 0 aliphatic carbocycles. The van der Waals surface area contributed by atoms with Crippen LogP contribution in [-0.2, 0) is 16.1 Å². The second-order valence-electron chi connectivity index (χ2n) is 7.15. The Labute approximate surface area is 177 Å². The standard InChI is InChI=1S/C23H19FN2O3S/c1-15-4-2-5-16(12-15)22(28)25(14-19-6-3-11-30-19)20-13-21(27)26(23(20)29)18-9-7-17(24)8-10-18/h2-12,20H,13-14H2,1H3. The summed E-state index contributed by atoms with van der Waals surface area (Å²) in [6, 6.07) is 15.2. The third-order valence-electron chi connectivity index (χ3n) is 5.02. The highest BCUT2D eigenvalue weighted by Crippen LogP contribution is 2.28. The normalized spacial score (nSPS) is 16.2. The summed E-state index contributed by atoms with van der Waals surface area (Å²) >= 11 is 1.48. The second kappa shape index (κ2) is 8.20. The van der Waals surface area contributed by atoms with Gasteiger partial charge in [0.1, 0.15) is 11.9 Å². The number of nitrogens with zero attached hydrogens (tertiary/aromatic N) is 2. The molecular weight excluding hydrogens is 403 g/mol. The lowest BCUT2D eigenvalue weighted by Gasteiger charge is -2.27. The molecule has 0 bridgehead atoms. The highest BCUT2D eigenvalue weighted by atomic mass is 32.1. The van der Waals surface area contributed by atoms with E-state index in [1.54, 1.807) is 18.2 Å². The summed E-state index contributed by atoms with van der Waals surface area (Å²) < 4.78 is 13.3. The van der Waals surface area contributed by atoms with Crippen LogP contribution in [0.15, 0.2) is 66.0 Å². The van der Waals surface area contributed by atoms with Gasteiger partial charge in [-0.05, 0) is 54.8 Å². The summed E-state index contributed by atoms with van der Waals surface area (Å²) in [7, 11) is 0. The van der Waals surface area contributed by atoms with Gasteiger partial charge in [0.2, 0.25) is 5.91 Å². The smallest absolute Gasteiger partial charge is 0.257 e. The summed E-state index contributed by atoms with van der Waals surface area (Å²) in [6.07, 6.45) is -0.112. The molecule has 1 unspecified atom stereocenters. The van der Waals surface area contributed by atoms with Crippen LogP contribution < -0.4 is 4.90 Å². The SMILES string of the molecule is Cc1cccc(C(=O)N(Cc2cccs2)C2CC(=O)N(c3ccc(F)cc3)C2=O)c1. The van der Waals surface area contributed by atoms with Crippen molar-refractivity contribution in [2.75, 3.05) is 4.90 Å². The molecular formula is C23H19FN2O3S. The minimum absolute atomic E-state index is 0.112. The molecule has 3 aromatic rings. The summed E-state index contributed by atoms with van der Waals surface area (Å²) in [5, 5.41) is 1.90. The summed E-state index contributed by atoms with van der Waals surface area (Å²) in [5.74, 6) is -1.66. The summed E-state index contributed by atoms with van der Waals surface area (Å²) in [4.78, 5) is 42.6. The number of anilines is 1. The minimum Gasteiger partial charge on any atom is -0.321 e. The van der Waals surface area contributed by atoms with E-state index in [1.807, 2.05) is 30.5 Å². The highest BCUT2D eigenvalue weighted by Gasteiger charge is 2.44. The van der Waals surface area contributed by atoms with E-state index in [0.29, 0.717) is 11.3 Å². The van der Waals surface area contributed by atoms with E-state index in [9.17, 15) is 18.8 Å². The maximum Gasteiger partial charge on any atom is 0.257 e. The molecule has 30 heavy (non-hydrogen) atoms. The third kappa shape index (κ3) is 3.89. The van der Waals surface area contributed by atoms with Gasteiger partial charge in [0.05, 0.1) is 18.7 Å². The molecule has 1 atom stereocenters. The maximum absolute atomic E-state index is 13.3. The van der Waals surface area contributed by atoms with Crippen LogP contribution in [0.3, 0.4) is 0 Å². The lowest BCUT2D eigenvalue weighted by Crippen LogP contribution is -2.45. The average Bonchev–Trinajstić information content (AvgIpc) is 3.34. The molecule has 0 radical (unpaired) electrons. The van der Waals surface area contributed by atoms with Gasteiger partial charge in [-0.15, -0.1) is 11.3 Å². The van der Waals surface area contributed by atoms with Crippen molar-refractivity contribution < 1.29 is 18.8 Å². The van der Waals surface area contributed by atoms with E-state index in [1.165, 1.54) is 40.5 Å². The number of carbonyl (C=O) groups is 3. The third-order valence-corrected chi connectivity index (χ3v) is 5.88. The molecule has 1 aromatic heterocycles. The first kappa shape index (κ1) is 20.0. The molecule has 1 fully saturated rings. The van der Waals surface area contributed by atoms with Crippen molar-refractivity contribution in [3.8, 4) is 0 Å². The number of benzene rings is 2. The molecule has 1 saturated heterocycles. The fourth-order valence-corrected chi connectivity index (χ4v) is 4.26. The molecule has 152 valence electrons. The van der Waals surface area contributed by atoms with E-state index in [2.05, 4.69) is 0 Å². The highest BCUT2D eigenvalue weighted by molar-refractivity contribution is 7.09. The second-order valence-corrected chi connectivity index (χ2v) is 8.18. The minimum atomic E-state index is -0.919. The summed E-state index contributed by atoms with van der Waals surface area (Å²) in [6.45, 7) is 2.12. The van der Waals surface area contributed by atoms with Crippen molar-refractivity contribution in [2.24, 2.45) is 0 Å². The van der Waals surface area contributed by atoms with E-state index in [-0.39, 0.29) is 18.9 Å². The average molecular weight is 422 g/mol. The number of carbonyl (C=O) groups excluding carboxylic acids is 3. The van der Waals surface area contributed by atoms with Gasteiger partial charge in [-0.2, -0.15) is 0 Å². The van der Waals surface area contributed by atoms with Crippen molar-refractivity contribution in [3.05, 3.63) is 87.9 Å². The molecule has 1 aliphatic heterocycles. The lowest BCUT2D eigenvalue weighted by molar-refractivity contribution is -0.122. The van der Waals surface area contributed by atoms with E-state index in [0.717, 1.165) is 15.3 Å². The van der Waals surface area contributed by atoms with Crippen molar-refractivity contribution in [1.29, 1.82) is 0 Å². The predicted molar refractivity (Wildman–Crippen MR) is 113 cm³/mol. The van der Waals surface area contributed by atoms with Gasteiger partial charge in [0, 0.05) is 10.4 Å². The van der Waals surface area contributed by atoms with Crippen LogP contribution >= 0.6 is 11.3 Å². The number of amides is 3. The van der Waals surface area contributed by atoms with Crippen molar-refractivity contribution >= 4 is 34.7 Å². The molecule has 4 rings (SSSR count). The van der Waals surface area contributed by atoms with E-state index in [4.69, 9.17) is 0 Å². The Hall–Kier alpha value is -3.32. The number of thiophene rings is 1. The number of aryl methyl sites for hydroxylation is 1. The Kier molecular flexibility index (Phi) is 5.46. The quantitative estimate of drug-likeness (QED) is 0.580. The number of hydrogen-bond donors (Lipinski definition) is 0. The van der Waals surface area contributed by atoms with Crippen LogP contribution in [0.4, 0.5) is 10.1 Å². The van der Waals surface area contributed by atoms with E-state index >= 15 is 0 Å². The van der Waals surface area contributed by atoms with Gasteiger partial charge in [-0.3, -0.25) is 14.4 Å². The fraction of sp³-hybridized carbons (Fsp3) is 0.174. The molecule has 2 aromatic carbocycles. The van der Waals surface area contributed by atoms with Gasteiger partial charge in [0.25, 0.3) is 11.8 Å². The lowest BCUT2D eigenvalue weighted by atomic mass is 10.1. The van der Waals surface area contributed by atoms with Crippen molar-refractivity contribution in [2.45, 2.75) is 25.9 Å². The van der Waals surface area contributed by atoms with E-state index < -0.39 is 23.7 Å². The first-order chi connectivity index (χ1) is 14.4. The molecule has 0 spiro atoms. The molecule has 1 aliphatic rings. The Morgan fingerprint density at radius 3 is 2.57 bits per heavy atom. The molecule has 0 N–H and O–H groups in total. The first-order valence-corrected chi connectivity index (χ1v) is 10.3. The molecule has 3 amide bonds. The monoisotopic (exact) mass is 422 g/mol. The van der Waals surface area contributed by atoms with Crippen LogP contribution in [0.1, 0.15) is 27.2 Å². The van der Waals surface area contributed by atoms with Gasteiger partial charge < -0.3 is 4.90 Å². The molecule has 7 heteroatoms. The summed E-state index contributed by atoms with van der Waals surface area (Å²) in [5.41, 5.74) is 1.69. The zero-order chi connectivity index (χ0) is 21.3.